The SMILES string of the molecule is Cn1cc(-c2cc(F)c(=N)n(C(=N)Sc3ccc4ncc(-c5cnn(C)c5)c(F)c4c3)c2)cn1. The average Bonchev–Trinajstić information content (AvgIpc) is 3.44. The highest BCUT2D eigenvalue weighted by atomic mass is 32.2. The number of halogens is 2. The summed E-state index contributed by atoms with van der Waals surface area (Å²) in [6.45, 7) is 0. The lowest BCUT2D eigenvalue weighted by Gasteiger charge is -2.11. The Bertz CT molecular complexity index is 1630. The van der Waals surface area contributed by atoms with Crippen molar-refractivity contribution in [2.24, 2.45) is 14.1 Å². The molecule has 0 atom stereocenters. The maximum Gasteiger partial charge on any atom is 0.171 e. The minimum atomic E-state index is -0.762. The lowest BCUT2D eigenvalue weighted by molar-refractivity contribution is 0.592. The molecule has 0 aliphatic rings. The van der Waals surface area contributed by atoms with Crippen LogP contribution >= 0.6 is 11.8 Å². The van der Waals surface area contributed by atoms with Crippen molar-refractivity contribution in [3.63, 3.8) is 0 Å². The van der Waals surface area contributed by atoms with Crippen molar-refractivity contribution in [1.82, 2.24) is 29.1 Å². The zero-order valence-electron chi connectivity index (χ0n) is 18.1. The molecule has 11 heteroatoms. The van der Waals surface area contributed by atoms with Crippen LogP contribution in [0.2, 0.25) is 0 Å². The first-order chi connectivity index (χ1) is 16.3. The van der Waals surface area contributed by atoms with Gasteiger partial charge < -0.3 is 0 Å². The van der Waals surface area contributed by atoms with E-state index in [1.807, 2.05) is 0 Å². The molecule has 0 saturated heterocycles. The molecule has 0 aliphatic carbocycles. The molecule has 0 saturated carbocycles. The fourth-order valence-corrected chi connectivity index (χ4v) is 4.35. The van der Waals surface area contributed by atoms with Crippen LogP contribution in [0.5, 0.6) is 0 Å². The first kappa shape index (κ1) is 21.7. The summed E-state index contributed by atoms with van der Waals surface area (Å²) in [6, 6.07) is 6.22. The molecule has 1 aromatic carbocycles. The third-order valence-corrected chi connectivity index (χ3v) is 6.16. The Hall–Kier alpha value is -4.12. The van der Waals surface area contributed by atoms with E-state index in [1.165, 1.54) is 18.5 Å². The lowest BCUT2D eigenvalue weighted by atomic mass is 10.1. The Morgan fingerprint density at radius 3 is 2.29 bits per heavy atom. The van der Waals surface area contributed by atoms with E-state index in [4.69, 9.17) is 10.8 Å². The predicted octanol–water partition coefficient (Wildman–Crippen LogP) is 4.17. The Morgan fingerprint density at radius 2 is 1.62 bits per heavy atom. The van der Waals surface area contributed by atoms with Crippen molar-refractivity contribution in [2.45, 2.75) is 4.90 Å². The largest absolute Gasteiger partial charge is 0.281 e. The van der Waals surface area contributed by atoms with Crippen LogP contribution in [0.15, 0.2) is 66.3 Å². The number of nitrogens with one attached hydrogen (secondary N) is 2. The van der Waals surface area contributed by atoms with Gasteiger partial charge in [-0.3, -0.25) is 29.7 Å². The number of nitrogens with zero attached hydrogens (tertiary/aromatic N) is 6. The second kappa shape index (κ2) is 8.34. The van der Waals surface area contributed by atoms with Gasteiger partial charge in [0.25, 0.3) is 0 Å². The monoisotopic (exact) mass is 476 g/mol. The number of hydrogen-bond donors (Lipinski definition) is 2. The number of aromatic nitrogens is 6. The normalized spacial score (nSPS) is 11.3. The van der Waals surface area contributed by atoms with Gasteiger partial charge in [0.1, 0.15) is 5.82 Å². The maximum absolute atomic E-state index is 15.3. The van der Waals surface area contributed by atoms with E-state index >= 15 is 4.39 Å². The Morgan fingerprint density at radius 1 is 0.912 bits per heavy atom. The molecule has 5 aromatic rings. The summed E-state index contributed by atoms with van der Waals surface area (Å²) >= 11 is 0.986. The van der Waals surface area contributed by atoms with E-state index in [-0.39, 0.29) is 5.17 Å². The molecule has 0 amide bonds. The van der Waals surface area contributed by atoms with Crippen molar-refractivity contribution >= 4 is 27.8 Å². The number of hydrogen-bond acceptors (Lipinski definition) is 6. The predicted molar refractivity (Wildman–Crippen MR) is 125 cm³/mol. The molecule has 0 unspecified atom stereocenters. The van der Waals surface area contributed by atoms with Crippen molar-refractivity contribution < 1.29 is 8.78 Å². The molecular formula is C23H18F2N8S. The number of pyridine rings is 2. The highest BCUT2D eigenvalue weighted by molar-refractivity contribution is 8.13. The molecule has 0 bridgehead atoms. The van der Waals surface area contributed by atoms with Gasteiger partial charge in [-0.2, -0.15) is 10.2 Å². The highest BCUT2D eigenvalue weighted by Crippen LogP contribution is 2.30. The second-order valence-electron chi connectivity index (χ2n) is 7.67. The van der Waals surface area contributed by atoms with Gasteiger partial charge in [-0.25, -0.2) is 8.78 Å². The van der Waals surface area contributed by atoms with Crippen LogP contribution in [0.25, 0.3) is 33.2 Å². The van der Waals surface area contributed by atoms with Crippen LogP contribution in [0.1, 0.15) is 0 Å². The van der Waals surface area contributed by atoms with E-state index in [0.29, 0.717) is 38.1 Å². The average molecular weight is 477 g/mol. The minimum Gasteiger partial charge on any atom is -0.281 e. The summed E-state index contributed by atoms with van der Waals surface area (Å²) in [5.74, 6) is -1.20. The van der Waals surface area contributed by atoms with Crippen LogP contribution in [-0.4, -0.2) is 34.3 Å². The highest BCUT2D eigenvalue weighted by Gasteiger charge is 2.15. The topological polar surface area (TPSA) is 101 Å². The fraction of sp³-hybridized carbons (Fsp3) is 0.0870. The van der Waals surface area contributed by atoms with E-state index in [0.717, 1.165) is 16.3 Å². The molecule has 170 valence electrons. The molecular weight excluding hydrogens is 458 g/mol. The molecule has 0 fully saturated rings. The van der Waals surface area contributed by atoms with E-state index < -0.39 is 17.1 Å². The molecule has 34 heavy (non-hydrogen) atoms. The summed E-state index contributed by atoms with van der Waals surface area (Å²) < 4.78 is 34.1. The molecule has 0 radical (unpaired) electrons. The van der Waals surface area contributed by atoms with Crippen LogP contribution in [0.4, 0.5) is 8.78 Å². The van der Waals surface area contributed by atoms with Crippen molar-refractivity contribution in [1.29, 1.82) is 10.8 Å². The quantitative estimate of drug-likeness (QED) is 0.232. The third kappa shape index (κ3) is 3.90. The van der Waals surface area contributed by atoms with Crippen molar-refractivity contribution in [3.8, 4) is 22.3 Å². The number of benzene rings is 1. The molecule has 5 rings (SSSR count). The lowest BCUT2D eigenvalue weighted by Crippen LogP contribution is -2.27. The molecule has 0 aliphatic heterocycles. The Balaban J connectivity index is 1.51. The molecule has 2 N–H and O–H groups in total. The molecule has 4 aromatic heterocycles. The van der Waals surface area contributed by atoms with E-state index in [2.05, 4.69) is 15.2 Å². The van der Waals surface area contributed by atoms with Crippen molar-refractivity contribution in [2.75, 3.05) is 0 Å². The number of aryl methyl sites for hydroxylation is 2. The smallest absolute Gasteiger partial charge is 0.171 e. The summed E-state index contributed by atoms with van der Waals surface area (Å²) in [7, 11) is 3.50. The molecule has 4 heterocycles. The summed E-state index contributed by atoms with van der Waals surface area (Å²) in [6.07, 6.45) is 9.56. The summed E-state index contributed by atoms with van der Waals surface area (Å²) in [5, 5.41) is 25.0. The van der Waals surface area contributed by atoms with Gasteiger partial charge in [-0.1, -0.05) is 11.8 Å². The van der Waals surface area contributed by atoms with Crippen LogP contribution in [0.3, 0.4) is 0 Å². The van der Waals surface area contributed by atoms with Gasteiger partial charge in [0.15, 0.2) is 16.5 Å². The fourth-order valence-electron chi connectivity index (χ4n) is 3.57. The second-order valence-corrected chi connectivity index (χ2v) is 8.73. The van der Waals surface area contributed by atoms with Gasteiger partial charge in [-0.05, 0) is 24.3 Å². The van der Waals surface area contributed by atoms with Gasteiger partial charge in [0.05, 0.1) is 17.9 Å². The zero-order chi connectivity index (χ0) is 24.0. The Kier molecular flexibility index (Phi) is 5.33. The zero-order valence-corrected chi connectivity index (χ0v) is 18.9. The first-order valence-corrected chi connectivity index (χ1v) is 10.9. The Labute approximate surface area is 196 Å². The van der Waals surface area contributed by atoms with Gasteiger partial charge in [-0.15, -0.1) is 0 Å². The van der Waals surface area contributed by atoms with Crippen LogP contribution in [-0.2, 0) is 14.1 Å². The standard InChI is InChI=1S/C23H18F2N8S/c1-31-10-14(7-29-31)13-5-19(24)22(26)33(12-13)23(27)34-16-3-4-20-17(6-16)21(25)18(9-28-20)15-8-30-32(2)11-15/h3-12,26-27H,1-2H3. The van der Waals surface area contributed by atoms with Gasteiger partial charge in [0, 0.05) is 71.4 Å². The van der Waals surface area contributed by atoms with E-state index in [9.17, 15) is 4.39 Å². The van der Waals surface area contributed by atoms with Crippen LogP contribution in [0, 0.1) is 22.5 Å². The van der Waals surface area contributed by atoms with Crippen molar-refractivity contribution in [3.05, 3.63) is 78.6 Å². The van der Waals surface area contributed by atoms with Gasteiger partial charge in [0.2, 0.25) is 0 Å². The molecule has 8 nitrogen and oxygen atoms in total. The van der Waals surface area contributed by atoms with Gasteiger partial charge >= 0.3 is 0 Å². The summed E-state index contributed by atoms with van der Waals surface area (Å²) in [4.78, 5) is 4.90. The third-order valence-electron chi connectivity index (χ3n) is 5.28. The number of rotatable bonds is 3. The number of thioether (sulfide) groups is 1. The number of fused-ring (bicyclic) bond motifs is 1. The summed E-state index contributed by atoms with van der Waals surface area (Å²) in [5.41, 5.74) is 2.11. The van der Waals surface area contributed by atoms with E-state index in [1.54, 1.807) is 66.4 Å². The first-order valence-electron chi connectivity index (χ1n) is 10.1. The molecule has 0 spiro atoms. The van der Waals surface area contributed by atoms with Crippen LogP contribution < -0.4 is 5.49 Å². The minimum absolute atomic E-state index is 0.106. The maximum atomic E-state index is 15.3.